The van der Waals surface area contributed by atoms with Gasteiger partial charge in [-0.25, -0.2) is 9.97 Å². The maximum absolute atomic E-state index is 5.31. The summed E-state index contributed by atoms with van der Waals surface area (Å²) in [6, 6.07) is 50.2. The van der Waals surface area contributed by atoms with Gasteiger partial charge in [0.25, 0.3) is 0 Å². The van der Waals surface area contributed by atoms with Gasteiger partial charge in [-0.05, 0) is 59.7 Å². The van der Waals surface area contributed by atoms with Crippen molar-refractivity contribution in [3.8, 4) is 39.5 Å². The van der Waals surface area contributed by atoms with Crippen molar-refractivity contribution in [3.05, 3.63) is 151 Å². The first-order valence-electron chi connectivity index (χ1n) is 16.1. The molecule has 10 rings (SSSR count). The minimum Gasteiger partial charge on any atom is -0.309 e. The Balaban J connectivity index is 1.16. The van der Waals surface area contributed by atoms with Crippen LogP contribution in [-0.4, -0.2) is 14.5 Å². The van der Waals surface area contributed by atoms with Crippen molar-refractivity contribution in [3.63, 3.8) is 0 Å². The number of rotatable bonds is 3. The Morgan fingerprint density at radius 2 is 1.28 bits per heavy atom. The number of para-hydroxylation sites is 1. The first-order chi connectivity index (χ1) is 23.1. The van der Waals surface area contributed by atoms with E-state index in [-0.39, 0.29) is 5.41 Å². The first-order valence-corrected chi connectivity index (χ1v) is 16.9. The molecule has 47 heavy (non-hydrogen) atoms. The van der Waals surface area contributed by atoms with Crippen molar-refractivity contribution in [2.75, 3.05) is 0 Å². The zero-order valence-corrected chi connectivity index (χ0v) is 26.8. The number of nitrogens with zero attached hydrogens (tertiary/aromatic N) is 3. The highest BCUT2D eigenvalue weighted by atomic mass is 32.1. The van der Waals surface area contributed by atoms with Crippen LogP contribution in [0, 0.1) is 0 Å². The van der Waals surface area contributed by atoms with E-state index in [2.05, 4.69) is 158 Å². The molecular formula is C43H29N3S. The van der Waals surface area contributed by atoms with Gasteiger partial charge in [-0.3, -0.25) is 0 Å². The third-order valence-corrected chi connectivity index (χ3v) is 11.1. The number of hydrogen-bond donors (Lipinski definition) is 0. The highest BCUT2D eigenvalue weighted by Gasteiger charge is 2.39. The fourth-order valence-electron chi connectivity index (χ4n) is 7.70. The maximum atomic E-state index is 5.31. The molecule has 0 atom stereocenters. The van der Waals surface area contributed by atoms with Gasteiger partial charge in [-0.15, -0.1) is 11.3 Å². The van der Waals surface area contributed by atoms with Crippen LogP contribution < -0.4 is 0 Å². The second kappa shape index (κ2) is 9.71. The summed E-state index contributed by atoms with van der Waals surface area (Å²) in [4.78, 5) is 10.6. The quantitative estimate of drug-likeness (QED) is 0.197. The van der Waals surface area contributed by atoms with Gasteiger partial charge in [0.1, 0.15) is 0 Å². The molecule has 0 spiro atoms. The lowest BCUT2D eigenvalue weighted by Crippen LogP contribution is -2.17. The number of hydrogen-bond acceptors (Lipinski definition) is 3. The van der Waals surface area contributed by atoms with E-state index in [1.165, 1.54) is 53.1 Å². The van der Waals surface area contributed by atoms with E-state index in [4.69, 9.17) is 9.97 Å². The summed E-state index contributed by atoms with van der Waals surface area (Å²) in [5.41, 5.74) is 11.2. The standard InChI is InChI=1S/C43H29N3S/c1-43(2)34-17-9-6-16-31(34)39-40(26-12-4-3-5-13-26)44-42(45-41(39)43)27-20-22-28(23-21-27)46-35-18-10-7-14-29(35)32-25-38-33(24-36(32)46)30-15-8-11-19-37(30)47-38/h3-25H,1-2H3. The van der Waals surface area contributed by atoms with Crippen LogP contribution in [0.5, 0.6) is 0 Å². The Morgan fingerprint density at radius 3 is 2.13 bits per heavy atom. The molecule has 3 nitrogen and oxygen atoms in total. The van der Waals surface area contributed by atoms with Crippen molar-refractivity contribution in [1.29, 1.82) is 0 Å². The predicted octanol–water partition coefficient (Wildman–Crippen LogP) is 11.6. The molecule has 0 fully saturated rings. The molecule has 0 saturated carbocycles. The summed E-state index contributed by atoms with van der Waals surface area (Å²) < 4.78 is 5.05. The Hall–Kier alpha value is -5.58. The summed E-state index contributed by atoms with van der Waals surface area (Å²) in [5.74, 6) is 0.753. The van der Waals surface area contributed by atoms with Crippen molar-refractivity contribution in [1.82, 2.24) is 14.5 Å². The summed E-state index contributed by atoms with van der Waals surface area (Å²) in [6.45, 7) is 4.56. The fourth-order valence-corrected chi connectivity index (χ4v) is 8.83. The Kier molecular flexibility index (Phi) is 5.50. The molecule has 1 aliphatic rings. The molecule has 0 radical (unpaired) electrons. The second-order valence-electron chi connectivity index (χ2n) is 13.0. The lowest BCUT2D eigenvalue weighted by atomic mass is 9.85. The van der Waals surface area contributed by atoms with Crippen molar-refractivity contribution < 1.29 is 0 Å². The molecule has 0 N–H and O–H groups in total. The smallest absolute Gasteiger partial charge is 0.160 e. The normalized spacial score (nSPS) is 13.5. The van der Waals surface area contributed by atoms with Gasteiger partial charge in [0.15, 0.2) is 5.82 Å². The van der Waals surface area contributed by atoms with Crippen molar-refractivity contribution >= 4 is 53.3 Å². The van der Waals surface area contributed by atoms with E-state index in [0.29, 0.717) is 0 Å². The second-order valence-corrected chi connectivity index (χ2v) is 14.1. The van der Waals surface area contributed by atoms with E-state index in [9.17, 15) is 0 Å². The third kappa shape index (κ3) is 3.79. The average Bonchev–Trinajstić information content (AvgIpc) is 3.72. The van der Waals surface area contributed by atoms with E-state index < -0.39 is 0 Å². The van der Waals surface area contributed by atoms with E-state index in [1.807, 2.05) is 11.3 Å². The van der Waals surface area contributed by atoms with Crippen LogP contribution in [0.1, 0.15) is 25.1 Å². The first kappa shape index (κ1) is 26.6. The van der Waals surface area contributed by atoms with Crippen LogP contribution in [0.15, 0.2) is 140 Å². The molecule has 0 saturated heterocycles. The molecular weight excluding hydrogens is 591 g/mol. The number of fused-ring (bicyclic) bond motifs is 9. The summed E-state index contributed by atoms with van der Waals surface area (Å²) in [5, 5.41) is 5.17. The van der Waals surface area contributed by atoms with Crippen molar-refractivity contribution in [2.24, 2.45) is 0 Å². The number of benzene rings is 6. The molecule has 3 aromatic heterocycles. The van der Waals surface area contributed by atoms with Gasteiger partial charge < -0.3 is 4.57 Å². The number of thiophene rings is 1. The van der Waals surface area contributed by atoms with Crippen LogP contribution in [0.3, 0.4) is 0 Å². The zero-order chi connectivity index (χ0) is 31.3. The highest BCUT2D eigenvalue weighted by molar-refractivity contribution is 7.25. The third-order valence-electron chi connectivity index (χ3n) is 9.97. The van der Waals surface area contributed by atoms with Gasteiger partial charge in [0, 0.05) is 58.7 Å². The molecule has 0 bridgehead atoms. The Morgan fingerprint density at radius 1 is 0.553 bits per heavy atom. The molecule has 1 aliphatic carbocycles. The van der Waals surface area contributed by atoms with Crippen LogP contribution >= 0.6 is 11.3 Å². The van der Waals surface area contributed by atoms with Crippen LogP contribution in [-0.2, 0) is 5.41 Å². The average molecular weight is 620 g/mol. The SMILES string of the molecule is CC1(C)c2ccccc2-c2c(-c3ccccc3)nc(-c3ccc(-n4c5ccccc5c5cc6sc7ccccc7c6cc54)cc3)nc21. The molecule has 222 valence electrons. The van der Waals surface area contributed by atoms with E-state index in [0.717, 1.165) is 39.6 Å². The molecule has 0 amide bonds. The largest absolute Gasteiger partial charge is 0.309 e. The molecule has 9 aromatic rings. The molecule has 4 heteroatoms. The predicted molar refractivity (Wildman–Crippen MR) is 198 cm³/mol. The van der Waals surface area contributed by atoms with Gasteiger partial charge in [-0.1, -0.05) is 105 Å². The maximum Gasteiger partial charge on any atom is 0.160 e. The van der Waals surface area contributed by atoms with E-state index >= 15 is 0 Å². The Labute approximate surface area is 276 Å². The highest BCUT2D eigenvalue weighted by Crippen LogP contribution is 2.51. The zero-order valence-electron chi connectivity index (χ0n) is 26.0. The minimum absolute atomic E-state index is 0.229. The van der Waals surface area contributed by atoms with Gasteiger partial charge >= 0.3 is 0 Å². The number of aromatic nitrogens is 3. The van der Waals surface area contributed by atoms with Crippen molar-refractivity contribution in [2.45, 2.75) is 19.3 Å². The van der Waals surface area contributed by atoms with Crippen LogP contribution in [0.2, 0.25) is 0 Å². The fraction of sp³-hybridized carbons (Fsp3) is 0.0698. The summed E-state index contributed by atoms with van der Waals surface area (Å²) in [7, 11) is 0. The monoisotopic (exact) mass is 619 g/mol. The van der Waals surface area contributed by atoms with Gasteiger partial charge in [0.05, 0.1) is 22.4 Å². The Bertz CT molecular complexity index is 2700. The topological polar surface area (TPSA) is 30.7 Å². The van der Waals surface area contributed by atoms with Gasteiger partial charge in [0.2, 0.25) is 0 Å². The van der Waals surface area contributed by atoms with E-state index in [1.54, 1.807) is 0 Å². The lowest BCUT2D eigenvalue weighted by Gasteiger charge is -2.21. The molecule has 0 unspecified atom stereocenters. The van der Waals surface area contributed by atoms with Gasteiger partial charge in [-0.2, -0.15) is 0 Å². The molecule has 6 aromatic carbocycles. The van der Waals surface area contributed by atoms with Crippen LogP contribution in [0.25, 0.3) is 81.4 Å². The van der Waals surface area contributed by atoms with Crippen LogP contribution in [0.4, 0.5) is 0 Å². The molecule has 0 aliphatic heterocycles. The summed E-state index contributed by atoms with van der Waals surface area (Å²) >= 11 is 1.87. The lowest BCUT2D eigenvalue weighted by molar-refractivity contribution is 0.636. The summed E-state index contributed by atoms with van der Waals surface area (Å²) in [6.07, 6.45) is 0. The minimum atomic E-state index is -0.229. The molecule has 3 heterocycles.